The van der Waals surface area contributed by atoms with E-state index >= 15 is 0 Å². The van der Waals surface area contributed by atoms with Gasteiger partial charge in [0.05, 0.1) is 6.61 Å². The van der Waals surface area contributed by atoms with Crippen molar-refractivity contribution in [2.75, 3.05) is 26.2 Å². The zero-order valence-corrected chi connectivity index (χ0v) is 10.9. The zero-order valence-electron chi connectivity index (χ0n) is 9.26. The van der Waals surface area contributed by atoms with Gasteiger partial charge in [-0.05, 0) is 31.8 Å². The molecule has 0 spiro atoms. The van der Waals surface area contributed by atoms with E-state index in [0.29, 0.717) is 17.3 Å². The Morgan fingerprint density at radius 3 is 2.38 bits per heavy atom. The molecule has 0 aromatic rings. The summed E-state index contributed by atoms with van der Waals surface area (Å²) in [6.07, 6.45) is -2.42. The van der Waals surface area contributed by atoms with Crippen LogP contribution in [0, 0.1) is 5.92 Å². The minimum absolute atomic E-state index is 0.266. The third-order valence-corrected chi connectivity index (χ3v) is 3.70. The molecule has 0 radical (unpaired) electrons. The summed E-state index contributed by atoms with van der Waals surface area (Å²) in [7, 11) is 0. The molecule has 1 aliphatic heterocycles. The molecule has 2 nitrogen and oxygen atoms in total. The van der Waals surface area contributed by atoms with Crippen molar-refractivity contribution in [1.82, 2.24) is 4.90 Å². The number of halogens is 4. The molecule has 1 saturated heterocycles. The lowest BCUT2D eigenvalue weighted by Gasteiger charge is -2.33. The quantitative estimate of drug-likeness (QED) is 0.740. The minimum atomic E-state index is -4.50. The van der Waals surface area contributed by atoms with Crippen molar-refractivity contribution in [3.8, 4) is 0 Å². The first-order valence-corrected chi connectivity index (χ1v) is 6.37. The average Bonchev–Trinajstić information content (AvgIpc) is 2.16. The normalized spacial score (nSPS) is 22.3. The van der Waals surface area contributed by atoms with Crippen LogP contribution in [0.4, 0.5) is 13.2 Å². The maximum atomic E-state index is 11.7. The highest BCUT2D eigenvalue weighted by Gasteiger charge is 2.29. The number of piperidine rings is 1. The first kappa shape index (κ1) is 14.3. The number of alkyl halides is 4. The van der Waals surface area contributed by atoms with Crippen molar-refractivity contribution < 1.29 is 17.9 Å². The lowest BCUT2D eigenvalue weighted by molar-refractivity contribution is -0.325. The van der Waals surface area contributed by atoms with E-state index < -0.39 is 6.36 Å². The Bertz CT molecular complexity index is 203. The largest absolute Gasteiger partial charge is 0.522 e. The van der Waals surface area contributed by atoms with Gasteiger partial charge in [-0.2, -0.15) is 0 Å². The van der Waals surface area contributed by atoms with Crippen LogP contribution in [0.15, 0.2) is 0 Å². The number of nitrogens with zero attached hydrogens (tertiary/aromatic N) is 1. The van der Waals surface area contributed by atoms with Gasteiger partial charge in [-0.1, -0.05) is 22.9 Å². The third-order valence-electron chi connectivity index (χ3n) is 2.96. The Morgan fingerprint density at radius 2 is 1.94 bits per heavy atom. The molecule has 1 unspecified atom stereocenters. The second kappa shape index (κ2) is 6.21. The van der Waals surface area contributed by atoms with Gasteiger partial charge in [0.2, 0.25) is 0 Å². The van der Waals surface area contributed by atoms with E-state index in [1.165, 1.54) is 0 Å². The van der Waals surface area contributed by atoms with Gasteiger partial charge in [-0.15, -0.1) is 13.2 Å². The van der Waals surface area contributed by atoms with Crippen LogP contribution < -0.4 is 0 Å². The second-order valence-electron chi connectivity index (χ2n) is 4.15. The molecule has 1 aliphatic rings. The Hall–Kier alpha value is 0.190. The number of hydrogen-bond donors (Lipinski definition) is 0. The zero-order chi connectivity index (χ0) is 12.2. The van der Waals surface area contributed by atoms with Gasteiger partial charge in [-0.3, -0.25) is 4.74 Å². The fourth-order valence-electron chi connectivity index (χ4n) is 1.93. The van der Waals surface area contributed by atoms with Gasteiger partial charge >= 0.3 is 6.36 Å². The summed E-state index contributed by atoms with van der Waals surface area (Å²) in [5.41, 5.74) is 0. The van der Waals surface area contributed by atoms with Crippen LogP contribution in [0.25, 0.3) is 0 Å². The maximum absolute atomic E-state index is 11.7. The van der Waals surface area contributed by atoms with Crippen LogP contribution in [0.3, 0.4) is 0 Å². The van der Waals surface area contributed by atoms with Crippen LogP contribution in [-0.4, -0.2) is 42.3 Å². The molecule has 6 heteroatoms. The first-order valence-electron chi connectivity index (χ1n) is 5.45. The van der Waals surface area contributed by atoms with E-state index in [1.807, 2.05) is 4.90 Å². The maximum Gasteiger partial charge on any atom is 0.522 e. The molecule has 0 saturated carbocycles. The summed E-state index contributed by atoms with van der Waals surface area (Å²) in [4.78, 5) is 2.51. The van der Waals surface area contributed by atoms with E-state index in [9.17, 15) is 13.2 Å². The molecular formula is C10H17BrF3NO. The fourth-order valence-corrected chi connectivity index (χ4v) is 2.45. The second-order valence-corrected chi connectivity index (χ2v) is 5.60. The molecule has 0 N–H and O–H groups in total. The van der Waals surface area contributed by atoms with Crippen molar-refractivity contribution in [1.29, 1.82) is 0 Å². The summed E-state index contributed by atoms with van der Waals surface area (Å²) < 4.78 is 38.9. The fraction of sp³-hybridized carbons (Fsp3) is 1.00. The van der Waals surface area contributed by atoms with E-state index in [-0.39, 0.29) is 6.61 Å². The van der Waals surface area contributed by atoms with Crippen molar-refractivity contribution in [3.05, 3.63) is 0 Å². The predicted octanol–water partition coefficient (Wildman–Crippen LogP) is 3.02. The van der Waals surface area contributed by atoms with Crippen LogP contribution >= 0.6 is 15.9 Å². The lowest BCUT2D eigenvalue weighted by Crippen LogP contribution is -2.38. The third kappa shape index (κ3) is 5.50. The highest BCUT2D eigenvalue weighted by Crippen LogP contribution is 2.25. The monoisotopic (exact) mass is 303 g/mol. The summed E-state index contributed by atoms with van der Waals surface area (Å²) in [6, 6.07) is 0. The highest BCUT2D eigenvalue weighted by molar-refractivity contribution is 9.09. The Morgan fingerprint density at radius 1 is 1.38 bits per heavy atom. The number of rotatable bonds is 4. The molecule has 0 amide bonds. The van der Waals surface area contributed by atoms with Crippen molar-refractivity contribution in [2.45, 2.75) is 31.0 Å². The van der Waals surface area contributed by atoms with Crippen LogP contribution in [-0.2, 0) is 4.74 Å². The van der Waals surface area contributed by atoms with Crippen LogP contribution in [0.5, 0.6) is 0 Å². The molecular weight excluding hydrogens is 287 g/mol. The first-order chi connectivity index (χ1) is 7.38. The van der Waals surface area contributed by atoms with Gasteiger partial charge in [0.15, 0.2) is 0 Å². The summed E-state index contributed by atoms with van der Waals surface area (Å²) in [5.74, 6) is 0.639. The van der Waals surface area contributed by atoms with Gasteiger partial charge in [0.1, 0.15) is 0 Å². The molecule has 96 valence electrons. The molecule has 1 atom stereocenters. The highest BCUT2D eigenvalue weighted by atomic mass is 79.9. The minimum Gasteiger partial charge on any atom is -0.301 e. The number of likely N-dealkylation sites (tertiary alicyclic amines) is 1. The van der Waals surface area contributed by atoms with Crippen molar-refractivity contribution >= 4 is 15.9 Å². The molecule has 0 aromatic heterocycles. The molecule has 0 aromatic carbocycles. The molecule has 1 heterocycles. The summed E-state index contributed by atoms with van der Waals surface area (Å²) in [6.45, 7) is 3.94. The van der Waals surface area contributed by atoms with Gasteiger partial charge < -0.3 is 4.90 Å². The van der Waals surface area contributed by atoms with Crippen LogP contribution in [0.1, 0.15) is 19.8 Å². The van der Waals surface area contributed by atoms with E-state index in [4.69, 9.17) is 0 Å². The molecule has 0 aliphatic carbocycles. The van der Waals surface area contributed by atoms with E-state index in [2.05, 4.69) is 27.6 Å². The number of hydrogen-bond acceptors (Lipinski definition) is 2. The molecule has 1 fully saturated rings. The topological polar surface area (TPSA) is 12.5 Å². The Balaban J connectivity index is 2.13. The molecule has 1 rings (SSSR count). The Kier molecular flexibility index (Phi) is 5.53. The predicted molar refractivity (Wildman–Crippen MR) is 59.6 cm³/mol. The van der Waals surface area contributed by atoms with Gasteiger partial charge in [0, 0.05) is 11.4 Å². The molecule has 16 heavy (non-hydrogen) atoms. The molecule has 0 bridgehead atoms. The van der Waals surface area contributed by atoms with Crippen LogP contribution in [0.2, 0.25) is 0 Å². The summed E-state index contributed by atoms with van der Waals surface area (Å²) >= 11 is 3.54. The van der Waals surface area contributed by atoms with Crippen molar-refractivity contribution in [2.24, 2.45) is 5.92 Å². The lowest BCUT2D eigenvalue weighted by atomic mass is 9.94. The van der Waals surface area contributed by atoms with Gasteiger partial charge in [0.25, 0.3) is 0 Å². The standard InChI is InChI=1S/C10H17BrF3NO/c1-8(11)9-2-4-15(5-3-9)6-7-16-10(12,13)14/h8-9H,2-7H2,1H3. The Labute approximate surface area is 102 Å². The number of ether oxygens (including phenoxy) is 1. The van der Waals surface area contributed by atoms with Gasteiger partial charge in [-0.25, -0.2) is 0 Å². The van der Waals surface area contributed by atoms with E-state index in [1.54, 1.807) is 0 Å². The SMILES string of the molecule is CC(Br)C1CCN(CCOC(F)(F)F)CC1. The summed E-state index contributed by atoms with van der Waals surface area (Å²) in [5, 5.41) is 0. The van der Waals surface area contributed by atoms with E-state index in [0.717, 1.165) is 25.9 Å². The smallest absolute Gasteiger partial charge is 0.301 e. The average molecular weight is 304 g/mol. The van der Waals surface area contributed by atoms with Crippen molar-refractivity contribution in [3.63, 3.8) is 0 Å².